The lowest BCUT2D eigenvalue weighted by Crippen LogP contribution is -2.11. The standard InChI is InChI=1S/C17H22N4O/c1-12-10-16(20-14-6-7-14)21-17(19-12)18-9-8-13-4-3-5-15(11-13)22-2/h3-5,10-11,14H,6-9H2,1-2H3,(H2,18,19,20,21). The van der Waals surface area contributed by atoms with Crippen LogP contribution in [0.15, 0.2) is 30.3 Å². The molecule has 116 valence electrons. The molecule has 1 saturated carbocycles. The van der Waals surface area contributed by atoms with E-state index >= 15 is 0 Å². The highest BCUT2D eigenvalue weighted by Gasteiger charge is 2.21. The molecule has 5 heteroatoms. The topological polar surface area (TPSA) is 59.1 Å². The van der Waals surface area contributed by atoms with Crippen molar-refractivity contribution in [3.63, 3.8) is 0 Å². The molecule has 0 unspecified atom stereocenters. The average molecular weight is 298 g/mol. The molecule has 5 nitrogen and oxygen atoms in total. The molecule has 3 rings (SSSR count). The van der Waals surface area contributed by atoms with Crippen LogP contribution in [0.2, 0.25) is 0 Å². The third kappa shape index (κ3) is 4.10. The molecule has 2 N–H and O–H groups in total. The van der Waals surface area contributed by atoms with Gasteiger partial charge >= 0.3 is 0 Å². The lowest BCUT2D eigenvalue weighted by Gasteiger charge is -2.09. The van der Waals surface area contributed by atoms with Crippen LogP contribution >= 0.6 is 0 Å². The van der Waals surface area contributed by atoms with E-state index in [0.29, 0.717) is 12.0 Å². The molecular formula is C17H22N4O. The number of hydrogen-bond acceptors (Lipinski definition) is 5. The summed E-state index contributed by atoms with van der Waals surface area (Å²) in [6, 6.07) is 10.7. The molecule has 1 aliphatic rings. The lowest BCUT2D eigenvalue weighted by atomic mass is 10.1. The first kappa shape index (κ1) is 14.6. The molecule has 1 aromatic carbocycles. The zero-order valence-corrected chi connectivity index (χ0v) is 13.1. The first-order valence-electron chi connectivity index (χ1n) is 7.72. The van der Waals surface area contributed by atoms with Gasteiger partial charge < -0.3 is 15.4 Å². The number of methoxy groups -OCH3 is 1. The second-order valence-corrected chi connectivity index (χ2v) is 5.67. The summed E-state index contributed by atoms with van der Waals surface area (Å²) in [5.41, 5.74) is 2.21. The maximum Gasteiger partial charge on any atom is 0.224 e. The van der Waals surface area contributed by atoms with E-state index in [-0.39, 0.29) is 0 Å². The van der Waals surface area contributed by atoms with Gasteiger partial charge in [-0.05, 0) is 43.9 Å². The van der Waals surface area contributed by atoms with Gasteiger partial charge in [-0.15, -0.1) is 0 Å². The minimum absolute atomic E-state index is 0.596. The zero-order chi connectivity index (χ0) is 15.4. The Morgan fingerprint density at radius 3 is 2.86 bits per heavy atom. The summed E-state index contributed by atoms with van der Waals surface area (Å²) in [5, 5.41) is 6.72. The molecule has 1 aliphatic carbocycles. The minimum atomic E-state index is 0.596. The first-order chi connectivity index (χ1) is 10.7. The van der Waals surface area contributed by atoms with Gasteiger partial charge in [-0.25, -0.2) is 4.98 Å². The monoisotopic (exact) mass is 298 g/mol. The summed E-state index contributed by atoms with van der Waals surface area (Å²) in [6.07, 6.45) is 3.38. The number of hydrogen-bond donors (Lipinski definition) is 2. The molecule has 22 heavy (non-hydrogen) atoms. The Hall–Kier alpha value is -2.30. The molecule has 0 saturated heterocycles. The van der Waals surface area contributed by atoms with Crippen LogP contribution in [0.5, 0.6) is 5.75 Å². The highest BCUT2D eigenvalue weighted by atomic mass is 16.5. The summed E-state index contributed by atoms with van der Waals surface area (Å²) < 4.78 is 5.24. The zero-order valence-electron chi connectivity index (χ0n) is 13.1. The van der Waals surface area contributed by atoms with Crippen molar-refractivity contribution < 1.29 is 4.74 Å². The van der Waals surface area contributed by atoms with Crippen LogP contribution in [0, 0.1) is 6.92 Å². The van der Waals surface area contributed by atoms with Crippen LogP contribution in [0.4, 0.5) is 11.8 Å². The van der Waals surface area contributed by atoms with Crippen LogP contribution in [0.1, 0.15) is 24.1 Å². The Kier molecular flexibility index (Phi) is 4.42. The molecule has 0 atom stereocenters. The highest BCUT2D eigenvalue weighted by molar-refractivity contribution is 5.43. The van der Waals surface area contributed by atoms with Gasteiger partial charge in [0.1, 0.15) is 11.6 Å². The largest absolute Gasteiger partial charge is 0.497 e. The van der Waals surface area contributed by atoms with Crippen LogP contribution in [-0.2, 0) is 6.42 Å². The summed E-state index contributed by atoms with van der Waals surface area (Å²) >= 11 is 0. The molecular weight excluding hydrogens is 276 g/mol. The van der Waals surface area contributed by atoms with E-state index in [0.717, 1.165) is 30.2 Å². The van der Waals surface area contributed by atoms with Gasteiger partial charge in [0, 0.05) is 24.3 Å². The van der Waals surface area contributed by atoms with E-state index in [1.165, 1.54) is 18.4 Å². The van der Waals surface area contributed by atoms with Gasteiger partial charge in [0.2, 0.25) is 5.95 Å². The molecule has 1 fully saturated rings. The Bertz CT molecular complexity index is 640. The van der Waals surface area contributed by atoms with Crippen LogP contribution in [0.3, 0.4) is 0 Å². The highest BCUT2D eigenvalue weighted by Crippen LogP contribution is 2.24. The number of aryl methyl sites for hydroxylation is 1. The predicted molar refractivity (Wildman–Crippen MR) is 88.6 cm³/mol. The summed E-state index contributed by atoms with van der Waals surface area (Å²) in [6.45, 7) is 2.78. The van der Waals surface area contributed by atoms with Gasteiger partial charge in [-0.1, -0.05) is 12.1 Å². The van der Waals surface area contributed by atoms with Crippen molar-refractivity contribution in [2.75, 3.05) is 24.3 Å². The summed E-state index contributed by atoms with van der Waals surface area (Å²) in [7, 11) is 1.69. The van der Waals surface area contributed by atoms with Gasteiger partial charge in [-0.2, -0.15) is 4.98 Å². The van der Waals surface area contributed by atoms with Gasteiger partial charge in [0.15, 0.2) is 0 Å². The maximum absolute atomic E-state index is 5.24. The van der Waals surface area contributed by atoms with Crippen molar-refractivity contribution in [1.29, 1.82) is 0 Å². The first-order valence-corrected chi connectivity index (χ1v) is 7.72. The molecule has 0 spiro atoms. The Labute approximate surface area is 131 Å². The maximum atomic E-state index is 5.24. The number of benzene rings is 1. The molecule has 1 aromatic heterocycles. The van der Waals surface area contributed by atoms with Gasteiger partial charge in [-0.3, -0.25) is 0 Å². The smallest absolute Gasteiger partial charge is 0.224 e. The fourth-order valence-corrected chi connectivity index (χ4v) is 2.30. The van der Waals surface area contributed by atoms with E-state index in [1.54, 1.807) is 7.11 Å². The van der Waals surface area contributed by atoms with Crippen molar-refractivity contribution in [3.05, 3.63) is 41.6 Å². The van der Waals surface area contributed by atoms with Crippen molar-refractivity contribution in [3.8, 4) is 5.75 Å². The number of ether oxygens (including phenoxy) is 1. The second kappa shape index (κ2) is 6.64. The summed E-state index contributed by atoms with van der Waals surface area (Å²) in [5.74, 6) is 2.49. The lowest BCUT2D eigenvalue weighted by molar-refractivity contribution is 0.414. The Morgan fingerprint density at radius 1 is 1.23 bits per heavy atom. The SMILES string of the molecule is COc1cccc(CCNc2nc(C)cc(NC3CC3)n2)c1. The summed E-state index contributed by atoms with van der Waals surface area (Å²) in [4.78, 5) is 8.96. The third-order valence-corrected chi connectivity index (χ3v) is 3.61. The van der Waals surface area contributed by atoms with Crippen molar-refractivity contribution >= 4 is 11.8 Å². The van der Waals surface area contributed by atoms with Crippen LogP contribution < -0.4 is 15.4 Å². The van der Waals surface area contributed by atoms with Crippen molar-refractivity contribution in [2.45, 2.75) is 32.2 Å². The van der Waals surface area contributed by atoms with E-state index < -0.39 is 0 Å². The number of nitrogens with one attached hydrogen (secondary N) is 2. The fourth-order valence-electron chi connectivity index (χ4n) is 2.30. The number of anilines is 2. The Balaban J connectivity index is 1.57. The van der Waals surface area contributed by atoms with Crippen LogP contribution in [0.25, 0.3) is 0 Å². The fraction of sp³-hybridized carbons (Fsp3) is 0.412. The number of nitrogens with zero attached hydrogens (tertiary/aromatic N) is 2. The molecule has 1 heterocycles. The van der Waals surface area contributed by atoms with E-state index in [4.69, 9.17) is 4.74 Å². The van der Waals surface area contributed by atoms with Gasteiger partial charge in [0.05, 0.1) is 7.11 Å². The predicted octanol–water partition coefficient (Wildman–Crippen LogP) is 3.02. The van der Waals surface area contributed by atoms with E-state index in [9.17, 15) is 0 Å². The van der Waals surface area contributed by atoms with Crippen molar-refractivity contribution in [2.24, 2.45) is 0 Å². The molecule has 0 amide bonds. The third-order valence-electron chi connectivity index (χ3n) is 3.61. The average Bonchev–Trinajstić information content (AvgIpc) is 3.31. The van der Waals surface area contributed by atoms with Gasteiger partial charge in [0.25, 0.3) is 0 Å². The number of aromatic nitrogens is 2. The quantitative estimate of drug-likeness (QED) is 0.823. The normalized spacial score (nSPS) is 13.7. The Morgan fingerprint density at radius 2 is 2.09 bits per heavy atom. The van der Waals surface area contributed by atoms with E-state index in [1.807, 2.05) is 25.1 Å². The van der Waals surface area contributed by atoms with Crippen LogP contribution in [-0.4, -0.2) is 29.7 Å². The molecule has 0 radical (unpaired) electrons. The molecule has 2 aromatic rings. The minimum Gasteiger partial charge on any atom is -0.497 e. The number of rotatable bonds is 7. The molecule has 0 bridgehead atoms. The second-order valence-electron chi connectivity index (χ2n) is 5.67. The van der Waals surface area contributed by atoms with Crippen molar-refractivity contribution in [1.82, 2.24) is 9.97 Å². The van der Waals surface area contributed by atoms with E-state index in [2.05, 4.69) is 32.7 Å². The molecule has 0 aliphatic heterocycles.